The molecule has 19 heavy (non-hydrogen) atoms. The molecule has 0 spiro atoms. The highest BCUT2D eigenvalue weighted by molar-refractivity contribution is 4.53. The van der Waals surface area contributed by atoms with Crippen molar-refractivity contribution >= 4 is 0 Å². The second-order valence-electron chi connectivity index (χ2n) is 4.97. The van der Waals surface area contributed by atoms with Crippen LogP contribution in [0, 0.1) is 11.8 Å². The number of hydrogen-bond acceptors (Lipinski definition) is 4. The van der Waals surface area contributed by atoms with E-state index in [2.05, 4.69) is 24.5 Å². The molecule has 2 unspecified atom stereocenters. The Morgan fingerprint density at radius 1 is 0.842 bits per heavy atom. The first-order chi connectivity index (χ1) is 9.12. The molecular formula is C15H36N2O2. The summed E-state index contributed by atoms with van der Waals surface area (Å²) < 4.78 is 10.4. The normalized spacial score (nSPS) is 13.6. The van der Waals surface area contributed by atoms with Crippen molar-refractivity contribution in [2.45, 2.75) is 34.1 Å². The van der Waals surface area contributed by atoms with Gasteiger partial charge in [0.25, 0.3) is 0 Å². The van der Waals surface area contributed by atoms with Gasteiger partial charge in [0.2, 0.25) is 0 Å². The quantitative estimate of drug-likeness (QED) is 0.568. The van der Waals surface area contributed by atoms with Gasteiger partial charge in [-0.25, -0.2) is 0 Å². The summed E-state index contributed by atoms with van der Waals surface area (Å²) in [6.07, 6.45) is 1.16. The van der Waals surface area contributed by atoms with Crippen molar-refractivity contribution in [1.82, 2.24) is 10.6 Å². The van der Waals surface area contributed by atoms with Gasteiger partial charge in [0, 0.05) is 19.8 Å². The van der Waals surface area contributed by atoms with Crippen LogP contribution in [0.5, 0.6) is 0 Å². The van der Waals surface area contributed by atoms with Crippen molar-refractivity contribution in [3.8, 4) is 0 Å². The topological polar surface area (TPSA) is 42.5 Å². The highest BCUT2D eigenvalue weighted by atomic mass is 16.5. The number of ether oxygens (including phenoxy) is 2. The molecule has 0 aliphatic carbocycles. The summed E-state index contributed by atoms with van der Waals surface area (Å²) in [6.45, 7) is 14.0. The molecule has 0 heterocycles. The van der Waals surface area contributed by atoms with Gasteiger partial charge in [-0.3, -0.25) is 0 Å². The van der Waals surface area contributed by atoms with Crippen LogP contribution in [-0.2, 0) is 9.47 Å². The zero-order valence-corrected chi connectivity index (χ0v) is 13.9. The van der Waals surface area contributed by atoms with Crippen molar-refractivity contribution in [2.75, 3.05) is 53.6 Å². The second kappa shape index (κ2) is 17.8. The summed E-state index contributed by atoms with van der Waals surface area (Å²) >= 11 is 0. The molecule has 0 fully saturated rings. The molecule has 2 atom stereocenters. The third-order valence-electron chi connectivity index (χ3n) is 2.67. The Kier molecular flexibility index (Phi) is 19.9. The molecule has 0 aromatic rings. The minimum Gasteiger partial charge on any atom is -0.382 e. The largest absolute Gasteiger partial charge is 0.382 e. The van der Waals surface area contributed by atoms with Crippen LogP contribution in [0.15, 0.2) is 0 Å². The van der Waals surface area contributed by atoms with E-state index in [9.17, 15) is 0 Å². The zero-order chi connectivity index (χ0) is 14.9. The van der Waals surface area contributed by atoms with Gasteiger partial charge >= 0.3 is 0 Å². The molecule has 0 rings (SSSR count). The SMILES string of the molecule is CCOCC(C)CNC.CCOCCC(C)CNC. The van der Waals surface area contributed by atoms with Crippen LogP contribution in [0.1, 0.15) is 34.1 Å². The average molecular weight is 276 g/mol. The lowest BCUT2D eigenvalue weighted by atomic mass is 10.1. The molecule has 0 amide bonds. The van der Waals surface area contributed by atoms with Crippen LogP contribution in [0.2, 0.25) is 0 Å². The van der Waals surface area contributed by atoms with Gasteiger partial charge in [0.05, 0.1) is 6.61 Å². The highest BCUT2D eigenvalue weighted by Crippen LogP contribution is 1.99. The third-order valence-corrected chi connectivity index (χ3v) is 2.67. The molecule has 0 radical (unpaired) electrons. The lowest BCUT2D eigenvalue weighted by Gasteiger charge is -2.09. The van der Waals surface area contributed by atoms with Crippen molar-refractivity contribution in [1.29, 1.82) is 0 Å². The van der Waals surface area contributed by atoms with Gasteiger partial charge in [0.15, 0.2) is 0 Å². The molecule has 4 heteroatoms. The summed E-state index contributed by atoms with van der Waals surface area (Å²) in [5.41, 5.74) is 0. The Morgan fingerprint density at radius 2 is 1.37 bits per heavy atom. The Morgan fingerprint density at radius 3 is 1.84 bits per heavy atom. The van der Waals surface area contributed by atoms with E-state index < -0.39 is 0 Å². The lowest BCUT2D eigenvalue weighted by molar-refractivity contribution is 0.116. The Hall–Kier alpha value is -0.160. The maximum Gasteiger partial charge on any atom is 0.0503 e. The molecule has 4 nitrogen and oxygen atoms in total. The van der Waals surface area contributed by atoms with E-state index in [-0.39, 0.29) is 0 Å². The zero-order valence-electron chi connectivity index (χ0n) is 13.9. The second-order valence-corrected chi connectivity index (χ2v) is 4.97. The van der Waals surface area contributed by atoms with E-state index in [0.717, 1.165) is 51.9 Å². The first kappa shape index (κ1) is 21.1. The maximum atomic E-state index is 5.22. The molecule has 0 saturated carbocycles. The summed E-state index contributed by atoms with van der Waals surface area (Å²) in [7, 11) is 3.94. The van der Waals surface area contributed by atoms with Crippen molar-refractivity contribution < 1.29 is 9.47 Å². The molecule has 118 valence electrons. The minimum absolute atomic E-state index is 0.634. The Balaban J connectivity index is 0. The summed E-state index contributed by atoms with van der Waals surface area (Å²) in [6, 6.07) is 0. The van der Waals surface area contributed by atoms with Gasteiger partial charge in [-0.05, 0) is 59.3 Å². The Labute approximate surface area is 120 Å². The molecule has 0 aromatic carbocycles. The van der Waals surface area contributed by atoms with Crippen molar-refractivity contribution in [3.05, 3.63) is 0 Å². The first-order valence-electron chi connectivity index (χ1n) is 7.56. The molecule has 2 N–H and O–H groups in total. The van der Waals surface area contributed by atoms with Crippen LogP contribution in [0.4, 0.5) is 0 Å². The fraction of sp³-hybridized carbons (Fsp3) is 1.00. The third kappa shape index (κ3) is 20.3. The minimum atomic E-state index is 0.634. The summed E-state index contributed by atoms with van der Waals surface area (Å²) in [5, 5.41) is 6.24. The van der Waals surface area contributed by atoms with Crippen LogP contribution in [0.25, 0.3) is 0 Å². The van der Waals surface area contributed by atoms with Crippen LogP contribution >= 0.6 is 0 Å². The fourth-order valence-corrected chi connectivity index (χ4v) is 1.61. The van der Waals surface area contributed by atoms with Crippen LogP contribution < -0.4 is 10.6 Å². The standard InChI is InChI=1S/C8H19NO.C7H17NO/c1-4-10-6-5-8(2)7-9-3;1-4-9-6-7(2)5-8-3/h8-9H,4-7H2,1-3H3;7-8H,4-6H2,1-3H3. The maximum absolute atomic E-state index is 5.22. The van der Waals surface area contributed by atoms with Crippen LogP contribution in [0.3, 0.4) is 0 Å². The number of nitrogens with one attached hydrogen (secondary N) is 2. The molecule has 0 saturated heterocycles. The van der Waals surface area contributed by atoms with Gasteiger partial charge in [0.1, 0.15) is 0 Å². The van der Waals surface area contributed by atoms with Gasteiger partial charge in [-0.2, -0.15) is 0 Å². The fourth-order valence-electron chi connectivity index (χ4n) is 1.61. The Bertz CT molecular complexity index is 157. The van der Waals surface area contributed by atoms with Gasteiger partial charge in [-0.15, -0.1) is 0 Å². The van der Waals surface area contributed by atoms with E-state index in [1.165, 1.54) is 0 Å². The summed E-state index contributed by atoms with van der Waals surface area (Å²) in [5.74, 6) is 1.37. The molecule has 0 bridgehead atoms. The van der Waals surface area contributed by atoms with Gasteiger partial charge < -0.3 is 20.1 Å². The highest BCUT2D eigenvalue weighted by Gasteiger charge is 1.98. The number of hydrogen-bond donors (Lipinski definition) is 2. The van der Waals surface area contributed by atoms with E-state index in [1.807, 2.05) is 27.9 Å². The predicted octanol–water partition coefficient (Wildman–Crippen LogP) is 2.15. The van der Waals surface area contributed by atoms with Crippen molar-refractivity contribution in [2.24, 2.45) is 11.8 Å². The van der Waals surface area contributed by atoms with Crippen LogP contribution in [-0.4, -0.2) is 53.6 Å². The van der Waals surface area contributed by atoms with E-state index in [1.54, 1.807) is 0 Å². The van der Waals surface area contributed by atoms with Crippen molar-refractivity contribution in [3.63, 3.8) is 0 Å². The lowest BCUT2D eigenvalue weighted by Crippen LogP contribution is -2.20. The van der Waals surface area contributed by atoms with Gasteiger partial charge in [-0.1, -0.05) is 13.8 Å². The summed E-state index contributed by atoms with van der Waals surface area (Å²) in [4.78, 5) is 0. The molecule has 0 aliphatic rings. The average Bonchev–Trinajstić information content (AvgIpc) is 2.38. The number of rotatable bonds is 11. The predicted molar refractivity (Wildman–Crippen MR) is 83.8 cm³/mol. The van der Waals surface area contributed by atoms with E-state index >= 15 is 0 Å². The molecule has 0 aromatic heterocycles. The monoisotopic (exact) mass is 276 g/mol. The van der Waals surface area contributed by atoms with E-state index in [0.29, 0.717) is 5.92 Å². The van der Waals surface area contributed by atoms with E-state index in [4.69, 9.17) is 9.47 Å². The molecule has 0 aliphatic heterocycles. The molecular weight excluding hydrogens is 240 g/mol. The first-order valence-corrected chi connectivity index (χ1v) is 7.56. The smallest absolute Gasteiger partial charge is 0.0503 e.